The summed E-state index contributed by atoms with van der Waals surface area (Å²) in [6.45, 7) is 5.58. The zero-order chi connectivity index (χ0) is 24.6. The molecule has 0 aliphatic carbocycles. The van der Waals surface area contributed by atoms with Crippen LogP contribution in [0.1, 0.15) is 23.6 Å². The highest BCUT2D eigenvalue weighted by atomic mass is 35.5. The third-order valence-electron chi connectivity index (χ3n) is 6.01. The normalized spacial score (nSPS) is 19.4. The van der Waals surface area contributed by atoms with Gasteiger partial charge in [-0.05, 0) is 59.5 Å². The van der Waals surface area contributed by atoms with Gasteiger partial charge in [0.15, 0.2) is 0 Å². The Morgan fingerprint density at radius 1 is 1.15 bits per heavy atom. The van der Waals surface area contributed by atoms with Gasteiger partial charge < -0.3 is 14.5 Å². The highest BCUT2D eigenvalue weighted by Gasteiger charge is 2.34. The summed E-state index contributed by atoms with van der Waals surface area (Å²) in [5.74, 6) is -0.476. The van der Waals surface area contributed by atoms with Crippen molar-refractivity contribution >= 4 is 37.9 Å². The van der Waals surface area contributed by atoms with Gasteiger partial charge in [0.1, 0.15) is 5.75 Å². The summed E-state index contributed by atoms with van der Waals surface area (Å²) in [5, 5.41) is 5.74. The molecule has 1 amide bonds. The Kier molecular flexibility index (Phi) is 7.08. The number of halogens is 4. The predicted molar refractivity (Wildman–Crippen MR) is 130 cm³/mol. The molecule has 2 heterocycles. The maximum atomic E-state index is 12.9. The van der Waals surface area contributed by atoms with Crippen molar-refractivity contribution in [2.45, 2.75) is 25.7 Å². The molecular weight excluding hydrogens is 488 g/mol. The number of amides is 1. The molecule has 0 radical (unpaired) electrons. The van der Waals surface area contributed by atoms with Crippen molar-refractivity contribution in [1.29, 1.82) is 0 Å². The molecule has 2 unspecified atom stereocenters. The molecule has 0 N–H and O–H groups in total. The lowest BCUT2D eigenvalue weighted by molar-refractivity contribution is -0.274. The smallest absolute Gasteiger partial charge is 0.404 e. The van der Waals surface area contributed by atoms with E-state index in [1.807, 2.05) is 24.3 Å². The van der Waals surface area contributed by atoms with Crippen LogP contribution in [0, 0.1) is 0 Å². The lowest BCUT2D eigenvalue weighted by Crippen LogP contribution is -2.44. The molecule has 6 nitrogen and oxygen atoms in total. The van der Waals surface area contributed by atoms with E-state index in [1.165, 1.54) is 17.1 Å². The van der Waals surface area contributed by atoms with Gasteiger partial charge in [-0.2, -0.15) is 5.10 Å². The van der Waals surface area contributed by atoms with Crippen molar-refractivity contribution in [3.05, 3.63) is 58.1 Å². The highest BCUT2D eigenvalue weighted by Crippen LogP contribution is 2.36. The maximum Gasteiger partial charge on any atom is 0.573 e. The SMILES string of the molecule is CC1Cc2cc(OC(F)(F)F)c(Cl)cc2C(c2ccc(N3CCN(C)CC3)cc2)=NN1C(=O)P. The Hall–Kier alpha value is -2.35. The number of benzene rings is 2. The average molecular weight is 513 g/mol. The summed E-state index contributed by atoms with van der Waals surface area (Å²) in [5.41, 5.74) is 3.04. The Morgan fingerprint density at radius 2 is 1.79 bits per heavy atom. The topological polar surface area (TPSA) is 48.4 Å². The van der Waals surface area contributed by atoms with Crippen molar-refractivity contribution in [1.82, 2.24) is 9.91 Å². The second-order valence-electron chi connectivity index (χ2n) is 8.51. The largest absolute Gasteiger partial charge is 0.573 e. The third kappa shape index (κ3) is 5.48. The van der Waals surface area contributed by atoms with Crippen LogP contribution in [0.25, 0.3) is 0 Å². The van der Waals surface area contributed by atoms with Gasteiger partial charge in [0.25, 0.3) is 5.65 Å². The number of piperazine rings is 1. The lowest BCUT2D eigenvalue weighted by Gasteiger charge is -2.34. The van der Waals surface area contributed by atoms with E-state index in [9.17, 15) is 18.0 Å². The molecule has 0 saturated carbocycles. The molecule has 2 aliphatic heterocycles. The number of carbonyl (C=O) groups is 1. The number of anilines is 1. The van der Waals surface area contributed by atoms with E-state index >= 15 is 0 Å². The van der Waals surface area contributed by atoms with Crippen LogP contribution in [-0.2, 0) is 6.42 Å². The van der Waals surface area contributed by atoms with Gasteiger partial charge in [0, 0.05) is 43.0 Å². The predicted octanol–water partition coefficient (Wildman–Crippen LogP) is 4.98. The van der Waals surface area contributed by atoms with Crippen LogP contribution in [0.5, 0.6) is 5.75 Å². The summed E-state index contributed by atoms with van der Waals surface area (Å²) in [7, 11) is 4.20. The van der Waals surface area contributed by atoms with Crippen LogP contribution in [0.2, 0.25) is 5.02 Å². The molecule has 0 spiro atoms. The second kappa shape index (κ2) is 9.72. The number of hydrogen-bond acceptors (Lipinski definition) is 5. The molecule has 4 rings (SSSR count). The average Bonchev–Trinajstić information content (AvgIpc) is 2.90. The second-order valence-corrected chi connectivity index (χ2v) is 9.41. The Bertz CT molecular complexity index is 1100. The first-order valence-corrected chi connectivity index (χ1v) is 11.8. The summed E-state index contributed by atoms with van der Waals surface area (Å²) in [6, 6.07) is 10.1. The minimum atomic E-state index is -4.87. The Labute approximate surface area is 203 Å². The van der Waals surface area contributed by atoms with Crippen molar-refractivity contribution in [2.24, 2.45) is 5.10 Å². The molecule has 2 aromatic rings. The number of carbonyl (C=O) groups excluding carboxylic acids is 1. The summed E-state index contributed by atoms with van der Waals surface area (Å²) < 4.78 is 42.7. The van der Waals surface area contributed by atoms with Crippen LogP contribution in [0.3, 0.4) is 0 Å². The molecule has 0 bridgehead atoms. The quantitative estimate of drug-likeness (QED) is 0.544. The number of fused-ring (bicyclic) bond motifs is 1. The van der Waals surface area contributed by atoms with Gasteiger partial charge in [-0.1, -0.05) is 23.7 Å². The van der Waals surface area contributed by atoms with E-state index < -0.39 is 12.1 Å². The number of likely N-dealkylation sites (N-methyl/N-ethyl adjacent to an activating group) is 1. The molecule has 0 aromatic heterocycles. The summed E-state index contributed by atoms with van der Waals surface area (Å²) >= 11 is 6.17. The Balaban J connectivity index is 1.74. The van der Waals surface area contributed by atoms with Crippen molar-refractivity contribution in [2.75, 3.05) is 38.1 Å². The molecule has 34 heavy (non-hydrogen) atoms. The zero-order valence-corrected chi connectivity index (χ0v) is 20.7. The van der Waals surface area contributed by atoms with Crippen molar-refractivity contribution < 1.29 is 22.7 Å². The first-order chi connectivity index (χ1) is 16.0. The van der Waals surface area contributed by atoms with Gasteiger partial charge in [0.05, 0.1) is 16.8 Å². The van der Waals surface area contributed by atoms with E-state index in [0.29, 0.717) is 16.8 Å². The number of hydrazone groups is 1. The van der Waals surface area contributed by atoms with E-state index in [1.54, 1.807) is 6.92 Å². The van der Waals surface area contributed by atoms with Crippen molar-refractivity contribution in [3.63, 3.8) is 0 Å². The van der Waals surface area contributed by atoms with Gasteiger partial charge in [0.2, 0.25) is 0 Å². The first-order valence-electron chi connectivity index (χ1n) is 10.8. The molecule has 1 fully saturated rings. The van der Waals surface area contributed by atoms with E-state index in [4.69, 9.17) is 11.6 Å². The van der Waals surface area contributed by atoms with E-state index in [-0.39, 0.29) is 23.1 Å². The molecular formula is C23H25ClF3N4O2P. The summed E-state index contributed by atoms with van der Waals surface area (Å²) in [6.07, 6.45) is -4.58. The third-order valence-corrected chi connectivity index (χ3v) is 6.57. The Morgan fingerprint density at radius 3 is 2.38 bits per heavy atom. The highest BCUT2D eigenvalue weighted by molar-refractivity contribution is 7.39. The maximum absolute atomic E-state index is 12.9. The van der Waals surface area contributed by atoms with Crippen LogP contribution in [0.4, 0.5) is 23.7 Å². The standard InChI is InChI=1S/C23H25ClF3N4O2P/c1-14-11-16-12-20(33-23(25,26)27)19(24)13-18(16)21(28-31(14)22(32)34)15-3-5-17(6-4-15)30-9-7-29(2)8-10-30/h3-6,12-14H,7-11,34H2,1-2H3. The van der Waals surface area contributed by atoms with Gasteiger partial charge in [-0.15, -0.1) is 13.2 Å². The van der Waals surface area contributed by atoms with Crippen LogP contribution in [-0.4, -0.2) is 66.9 Å². The minimum Gasteiger partial charge on any atom is -0.404 e. The van der Waals surface area contributed by atoms with Crippen LogP contribution in [0.15, 0.2) is 41.5 Å². The number of nitrogens with zero attached hydrogens (tertiary/aromatic N) is 4. The summed E-state index contributed by atoms with van der Waals surface area (Å²) in [4.78, 5) is 16.8. The molecule has 2 aromatic carbocycles. The molecule has 1 saturated heterocycles. The monoisotopic (exact) mass is 512 g/mol. The van der Waals surface area contributed by atoms with Gasteiger partial charge >= 0.3 is 6.36 Å². The number of alkyl halides is 3. The fraction of sp³-hybridized carbons (Fsp3) is 0.391. The van der Waals surface area contributed by atoms with Crippen LogP contribution >= 0.6 is 20.8 Å². The molecule has 11 heteroatoms. The van der Waals surface area contributed by atoms with Crippen molar-refractivity contribution in [3.8, 4) is 5.75 Å². The number of ether oxygens (including phenoxy) is 1. The van der Waals surface area contributed by atoms with Gasteiger partial charge in [-0.3, -0.25) is 4.79 Å². The van der Waals surface area contributed by atoms with Crippen LogP contribution < -0.4 is 9.64 Å². The van der Waals surface area contributed by atoms with E-state index in [2.05, 4.69) is 35.9 Å². The molecule has 2 aliphatic rings. The first kappa shape index (κ1) is 24.8. The van der Waals surface area contributed by atoms with E-state index in [0.717, 1.165) is 37.4 Å². The lowest BCUT2D eigenvalue weighted by atomic mass is 9.94. The zero-order valence-electron chi connectivity index (χ0n) is 18.8. The van der Waals surface area contributed by atoms with Gasteiger partial charge in [-0.25, -0.2) is 5.01 Å². The minimum absolute atomic E-state index is 0.184. The fourth-order valence-electron chi connectivity index (χ4n) is 4.23. The molecule has 2 atom stereocenters. The fourth-order valence-corrected chi connectivity index (χ4v) is 4.74. The molecule has 182 valence electrons. The number of rotatable bonds is 3. The number of hydrogen-bond donors (Lipinski definition) is 0.